The summed E-state index contributed by atoms with van der Waals surface area (Å²) in [6, 6.07) is 5.89. The highest BCUT2D eigenvalue weighted by molar-refractivity contribution is 6.05. The minimum Gasteiger partial charge on any atom is -0.494 e. The summed E-state index contributed by atoms with van der Waals surface area (Å²) in [7, 11) is 1.37. The second-order valence-corrected chi connectivity index (χ2v) is 5.88. The third-order valence-corrected chi connectivity index (χ3v) is 3.81. The molecule has 26 heavy (non-hydrogen) atoms. The fraction of sp³-hybridized carbons (Fsp3) is 0.263. The molecule has 0 atom stereocenters. The number of rotatable bonds is 6. The molecule has 6 nitrogen and oxygen atoms in total. The molecule has 0 aliphatic carbocycles. The van der Waals surface area contributed by atoms with Gasteiger partial charge in [0.2, 0.25) is 0 Å². The third-order valence-electron chi connectivity index (χ3n) is 3.81. The summed E-state index contributed by atoms with van der Waals surface area (Å²) in [4.78, 5) is 23.2. The van der Waals surface area contributed by atoms with Crippen LogP contribution in [0.3, 0.4) is 0 Å². The van der Waals surface area contributed by atoms with Crippen molar-refractivity contribution in [2.75, 3.05) is 19.0 Å². The highest BCUT2D eigenvalue weighted by Gasteiger charge is 2.15. The van der Waals surface area contributed by atoms with Crippen LogP contribution in [0.4, 0.5) is 10.1 Å². The number of methoxy groups -OCH3 is 1. The van der Waals surface area contributed by atoms with Gasteiger partial charge >= 0.3 is 5.97 Å². The first kappa shape index (κ1) is 19.2. The normalized spacial score (nSPS) is 10.3. The summed E-state index contributed by atoms with van der Waals surface area (Å²) >= 11 is 0. The number of hydrogen-bond donors (Lipinski definition) is 2. The van der Waals surface area contributed by atoms with Crippen molar-refractivity contribution in [1.29, 1.82) is 0 Å². The molecular formula is C19H20FNO5. The maximum Gasteiger partial charge on any atom is 0.341 e. The van der Waals surface area contributed by atoms with Gasteiger partial charge in [-0.3, -0.25) is 4.79 Å². The van der Waals surface area contributed by atoms with Crippen LogP contribution < -0.4 is 14.8 Å². The molecule has 0 aliphatic heterocycles. The Morgan fingerprint density at radius 1 is 1.08 bits per heavy atom. The number of aliphatic carboxylic acids is 1. The highest BCUT2D eigenvalue weighted by Crippen LogP contribution is 2.28. The average Bonchev–Trinajstić information content (AvgIpc) is 2.56. The Kier molecular flexibility index (Phi) is 5.82. The molecule has 138 valence electrons. The van der Waals surface area contributed by atoms with E-state index in [1.165, 1.54) is 19.2 Å². The van der Waals surface area contributed by atoms with Crippen LogP contribution in [0.5, 0.6) is 11.5 Å². The number of carboxylic acids is 1. The van der Waals surface area contributed by atoms with E-state index in [0.717, 1.165) is 0 Å². The van der Waals surface area contributed by atoms with Crippen molar-refractivity contribution in [3.63, 3.8) is 0 Å². The van der Waals surface area contributed by atoms with Gasteiger partial charge in [-0.25, -0.2) is 9.18 Å². The Labute approximate surface area is 150 Å². The molecule has 7 heteroatoms. The zero-order valence-corrected chi connectivity index (χ0v) is 15.0. The third kappa shape index (κ3) is 4.30. The molecule has 0 aromatic heterocycles. The van der Waals surface area contributed by atoms with Crippen LogP contribution >= 0.6 is 0 Å². The Bertz CT molecular complexity index is 840. The Morgan fingerprint density at radius 3 is 2.23 bits per heavy atom. The fourth-order valence-electron chi connectivity index (χ4n) is 2.58. The first-order chi connectivity index (χ1) is 12.2. The van der Waals surface area contributed by atoms with E-state index in [0.29, 0.717) is 33.7 Å². The van der Waals surface area contributed by atoms with Crippen LogP contribution in [0.2, 0.25) is 0 Å². The fourth-order valence-corrected chi connectivity index (χ4v) is 2.58. The molecule has 0 heterocycles. The van der Waals surface area contributed by atoms with Crippen molar-refractivity contribution in [3.8, 4) is 11.5 Å². The maximum absolute atomic E-state index is 13.9. The molecule has 2 rings (SSSR count). The number of anilines is 1. The van der Waals surface area contributed by atoms with E-state index in [2.05, 4.69) is 5.32 Å². The zero-order chi connectivity index (χ0) is 19.4. The number of carbonyl (C=O) groups is 2. The predicted octanol–water partition coefficient (Wildman–Crippen LogP) is 3.48. The quantitative estimate of drug-likeness (QED) is 0.823. The molecule has 2 N–H and O–H groups in total. The predicted molar refractivity (Wildman–Crippen MR) is 94.7 cm³/mol. The van der Waals surface area contributed by atoms with Crippen LogP contribution in [0.25, 0.3) is 0 Å². The summed E-state index contributed by atoms with van der Waals surface area (Å²) in [5, 5.41) is 11.4. The van der Waals surface area contributed by atoms with Gasteiger partial charge in [0.15, 0.2) is 18.2 Å². The second-order valence-electron chi connectivity index (χ2n) is 5.88. The van der Waals surface area contributed by atoms with Crippen molar-refractivity contribution in [2.45, 2.75) is 20.8 Å². The Balaban J connectivity index is 2.25. The van der Waals surface area contributed by atoms with Crippen LogP contribution in [-0.4, -0.2) is 30.7 Å². The molecule has 0 fully saturated rings. The molecule has 0 radical (unpaired) electrons. The van der Waals surface area contributed by atoms with Crippen molar-refractivity contribution < 1.29 is 28.6 Å². The lowest BCUT2D eigenvalue weighted by molar-refractivity contribution is -0.139. The molecule has 0 saturated heterocycles. The summed E-state index contributed by atoms with van der Waals surface area (Å²) in [6.07, 6.45) is 0. The van der Waals surface area contributed by atoms with Gasteiger partial charge in [0.05, 0.1) is 7.11 Å². The summed E-state index contributed by atoms with van der Waals surface area (Å²) < 4.78 is 24.0. The van der Waals surface area contributed by atoms with Gasteiger partial charge in [-0.1, -0.05) is 0 Å². The minimum atomic E-state index is -1.08. The molecule has 0 unspecified atom stereocenters. The van der Waals surface area contributed by atoms with E-state index in [1.54, 1.807) is 32.9 Å². The van der Waals surface area contributed by atoms with Crippen LogP contribution in [0.15, 0.2) is 24.3 Å². The summed E-state index contributed by atoms with van der Waals surface area (Å²) in [5.74, 6) is -1.53. The molecule has 2 aromatic rings. The molecular weight excluding hydrogens is 341 g/mol. The maximum atomic E-state index is 13.9. The van der Waals surface area contributed by atoms with Crippen LogP contribution in [0.1, 0.15) is 27.0 Å². The number of benzene rings is 2. The average molecular weight is 361 g/mol. The number of aryl methyl sites for hydroxylation is 3. The first-order valence-corrected chi connectivity index (χ1v) is 7.84. The molecule has 0 bridgehead atoms. The van der Waals surface area contributed by atoms with E-state index >= 15 is 0 Å². The molecule has 0 spiro atoms. The number of halogens is 1. The lowest BCUT2D eigenvalue weighted by atomic mass is 10.0. The molecule has 1 amide bonds. The van der Waals surface area contributed by atoms with E-state index in [-0.39, 0.29) is 5.75 Å². The topological polar surface area (TPSA) is 84.9 Å². The van der Waals surface area contributed by atoms with Gasteiger partial charge in [0.1, 0.15) is 5.75 Å². The monoisotopic (exact) mass is 361 g/mol. The van der Waals surface area contributed by atoms with E-state index in [9.17, 15) is 14.0 Å². The smallest absolute Gasteiger partial charge is 0.341 e. The van der Waals surface area contributed by atoms with Crippen LogP contribution in [-0.2, 0) is 4.79 Å². The van der Waals surface area contributed by atoms with E-state index in [1.807, 2.05) is 0 Å². The minimum absolute atomic E-state index is 0.104. The Morgan fingerprint density at radius 2 is 1.69 bits per heavy atom. The van der Waals surface area contributed by atoms with E-state index in [4.69, 9.17) is 14.6 Å². The van der Waals surface area contributed by atoms with Gasteiger partial charge in [-0.2, -0.15) is 0 Å². The second kappa shape index (κ2) is 7.86. The van der Waals surface area contributed by atoms with Crippen molar-refractivity contribution in [2.24, 2.45) is 0 Å². The number of carboxylic acid groups (broad SMARTS) is 1. The van der Waals surface area contributed by atoms with Gasteiger partial charge < -0.3 is 19.9 Å². The Hall–Kier alpha value is -3.09. The molecule has 2 aromatic carbocycles. The number of amides is 1. The van der Waals surface area contributed by atoms with Crippen molar-refractivity contribution in [3.05, 3.63) is 52.3 Å². The number of hydrogen-bond acceptors (Lipinski definition) is 4. The molecule has 0 saturated carbocycles. The number of nitrogens with one attached hydrogen (secondary N) is 1. The van der Waals surface area contributed by atoms with Crippen LogP contribution in [0, 0.1) is 26.6 Å². The van der Waals surface area contributed by atoms with Gasteiger partial charge in [-0.15, -0.1) is 0 Å². The number of ether oxygens (including phenoxy) is 2. The largest absolute Gasteiger partial charge is 0.494 e. The lowest BCUT2D eigenvalue weighted by Crippen LogP contribution is -2.15. The van der Waals surface area contributed by atoms with Gasteiger partial charge in [0.25, 0.3) is 5.91 Å². The standard InChI is InChI=1S/C19H20FNO5/c1-10-7-16(25-4)14(20)8-15(10)21-19(24)13-5-11(2)18(12(3)6-13)26-9-17(22)23/h5-8H,9H2,1-4H3,(H,21,24)(H,22,23). The SMILES string of the molecule is COc1cc(C)c(NC(=O)c2cc(C)c(OCC(=O)O)c(C)c2)cc1F. The van der Waals surface area contributed by atoms with Crippen molar-refractivity contribution >= 4 is 17.6 Å². The summed E-state index contributed by atoms with van der Waals surface area (Å²) in [5.41, 5.74) is 2.63. The summed E-state index contributed by atoms with van der Waals surface area (Å²) in [6.45, 7) is 4.72. The van der Waals surface area contributed by atoms with E-state index < -0.39 is 24.3 Å². The molecule has 0 aliphatic rings. The highest BCUT2D eigenvalue weighted by atomic mass is 19.1. The first-order valence-electron chi connectivity index (χ1n) is 7.84. The number of carbonyl (C=O) groups excluding carboxylic acids is 1. The van der Waals surface area contributed by atoms with Gasteiger partial charge in [-0.05, 0) is 55.7 Å². The van der Waals surface area contributed by atoms with Crippen molar-refractivity contribution in [1.82, 2.24) is 0 Å². The zero-order valence-electron chi connectivity index (χ0n) is 15.0. The van der Waals surface area contributed by atoms with Gasteiger partial charge in [0, 0.05) is 17.3 Å². The lowest BCUT2D eigenvalue weighted by Gasteiger charge is -2.14.